The second kappa shape index (κ2) is 6.20. The Morgan fingerprint density at radius 3 is 2.42 bits per heavy atom. The molecule has 0 aromatic heterocycles. The van der Waals surface area contributed by atoms with E-state index >= 15 is 0 Å². The number of hydrogen-bond donors (Lipinski definition) is 0. The third-order valence-electron chi connectivity index (χ3n) is 3.74. The molecule has 0 amide bonds. The van der Waals surface area contributed by atoms with Gasteiger partial charge in [0.2, 0.25) is 0 Å². The van der Waals surface area contributed by atoms with Gasteiger partial charge in [-0.05, 0) is 36.6 Å². The van der Waals surface area contributed by atoms with Gasteiger partial charge in [0.1, 0.15) is 6.29 Å². The van der Waals surface area contributed by atoms with Crippen LogP contribution in [0, 0.1) is 12.8 Å². The van der Waals surface area contributed by atoms with Gasteiger partial charge in [0.05, 0.1) is 0 Å². The topological polar surface area (TPSA) is 23.6 Å². The molecule has 3 nitrogen and oxygen atoms in total. The molecule has 1 heterocycles. The first-order valence-electron chi connectivity index (χ1n) is 7.13. The predicted molar refractivity (Wildman–Crippen MR) is 80.1 cm³/mol. The Morgan fingerprint density at radius 1 is 1.21 bits per heavy atom. The lowest BCUT2D eigenvalue weighted by molar-refractivity contribution is 0.112. The van der Waals surface area contributed by atoms with Gasteiger partial charge in [-0.1, -0.05) is 13.8 Å². The standard InChI is InChI=1S/C16H24N2O/c1-13(2)11-17-6-8-18(9-7-17)16-5-4-15(12-19)14(3)10-16/h4-5,10,12-13H,6-9,11H2,1-3H3. The van der Waals surface area contributed by atoms with Gasteiger partial charge >= 0.3 is 0 Å². The molecule has 19 heavy (non-hydrogen) atoms. The van der Waals surface area contributed by atoms with Crippen LogP contribution in [0.2, 0.25) is 0 Å². The van der Waals surface area contributed by atoms with Crippen molar-refractivity contribution in [1.82, 2.24) is 4.90 Å². The highest BCUT2D eigenvalue weighted by Gasteiger charge is 2.17. The SMILES string of the molecule is Cc1cc(N2CCN(CC(C)C)CC2)ccc1C=O. The number of aldehydes is 1. The summed E-state index contributed by atoms with van der Waals surface area (Å²) in [6.07, 6.45) is 0.930. The van der Waals surface area contributed by atoms with Crippen molar-refractivity contribution in [2.75, 3.05) is 37.6 Å². The molecule has 0 spiro atoms. The third kappa shape index (κ3) is 3.57. The van der Waals surface area contributed by atoms with Crippen LogP contribution in [0.25, 0.3) is 0 Å². The molecule has 1 saturated heterocycles. The summed E-state index contributed by atoms with van der Waals surface area (Å²) in [7, 11) is 0. The summed E-state index contributed by atoms with van der Waals surface area (Å²) in [5.41, 5.74) is 3.10. The Labute approximate surface area is 116 Å². The summed E-state index contributed by atoms with van der Waals surface area (Å²) in [6.45, 7) is 12.2. The summed E-state index contributed by atoms with van der Waals surface area (Å²) in [5.74, 6) is 0.737. The highest BCUT2D eigenvalue weighted by atomic mass is 16.1. The predicted octanol–water partition coefficient (Wildman–Crippen LogP) is 2.59. The molecular weight excluding hydrogens is 236 g/mol. The molecule has 0 bridgehead atoms. The van der Waals surface area contributed by atoms with Crippen LogP contribution in [0.15, 0.2) is 18.2 Å². The minimum absolute atomic E-state index is 0.737. The van der Waals surface area contributed by atoms with Crippen LogP contribution in [0.1, 0.15) is 29.8 Å². The molecule has 1 aliphatic rings. The van der Waals surface area contributed by atoms with E-state index in [1.807, 2.05) is 13.0 Å². The Balaban J connectivity index is 1.97. The molecule has 1 aliphatic heterocycles. The minimum Gasteiger partial charge on any atom is -0.369 e. The Kier molecular flexibility index (Phi) is 4.59. The van der Waals surface area contributed by atoms with E-state index in [4.69, 9.17) is 0 Å². The molecule has 1 aromatic carbocycles. The molecule has 2 rings (SSSR count). The van der Waals surface area contributed by atoms with Crippen molar-refractivity contribution >= 4 is 12.0 Å². The van der Waals surface area contributed by atoms with E-state index < -0.39 is 0 Å². The molecule has 0 N–H and O–H groups in total. The number of piperazine rings is 1. The van der Waals surface area contributed by atoms with Gasteiger partial charge in [-0.3, -0.25) is 9.69 Å². The summed E-state index contributed by atoms with van der Waals surface area (Å²) in [5, 5.41) is 0. The number of nitrogens with zero attached hydrogens (tertiary/aromatic N) is 2. The molecule has 1 aromatic rings. The van der Waals surface area contributed by atoms with E-state index in [2.05, 4.69) is 35.8 Å². The van der Waals surface area contributed by atoms with Gasteiger partial charge in [-0.25, -0.2) is 0 Å². The normalized spacial score (nSPS) is 16.9. The van der Waals surface area contributed by atoms with Crippen molar-refractivity contribution in [3.05, 3.63) is 29.3 Å². The number of rotatable bonds is 4. The fourth-order valence-electron chi connectivity index (χ4n) is 2.69. The number of benzene rings is 1. The molecule has 104 valence electrons. The van der Waals surface area contributed by atoms with Crippen LogP contribution in [0.5, 0.6) is 0 Å². The molecule has 0 aliphatic carbocycles. The fourth-order valence-corrected chi connectivity index (χ4v) is 2.69. The lowest BCUT2D eigenvalue weighted by Gasteiger charge is -2.37. The minimum atomic E-state index is 0.737. The maximum atomic E-state index is 10.8. The second-order valence-corrected chi connectivity index (χ2v) is 5.84. The first kappa shape index (κ1) is 14.1. The monoisotopic (exact) mass is 260 g/mol. The summed E-state index contributed by atoms with van der Waals surface area (Å²) >= 11 is 0. The van der Waals surface area contributed by atoms with Gasteiger partial charge in [0.15, 0.2) is 0 Å². The Hall–Kier alpha value is -1.35. The van der Waals surface area contributed by atoms with Gasteiger partial charge in [0, 0.05) is 44.0 Å². The third-order valence-corrected chi connectivity index (χ3v) is 3.74. The first-order valence-corrected chi connectivity index (χ1v) is 7.13. The van der Waals surface area contributed by atoms with E-state index in [9.17, 15) is 4.79 Å². The average molecular weight is 260 g/mol. The zero-order chi connectivity index (χ0) is 13.8. The average Bonchev–Trinajstić information content (AvgIpc) is 2.39. The molecule has 3 heteroatoms. The van der Waals surface area contributed by atoms with Gasteiger partial charge < -0.3 is 4.90 Å². The van der Waals surface area contributed by atoms with Crippen LogP contribution >= 0.6 is 0 Å². The van der Waals surface area contributed by atoms with E-state index in [1.165, 1.54) is 12.2 Å². The van der Waals surface area contributed by atoms with Crippen molar-refractivity contribution in [3.63, 3.8) is 0 Å². The quantitative estimate of drug-likeness (QED) is 0.777. The Morgan fingerprint density at radius 2 is 1.89 bits per heavy atom. The lowest BCUT2D eigenvalue weighted by Crippen LogP contribution is -2.47. The molecule has 0 atom stereocenters. The molecular formula is C16H24N2O. The molecule has 0 saturated carbocycles. The maximum absolute atomic E-state index is 10.8. The number of hydrogen-bond acceptors (Lipinski definition) is 3. The van der Waals surface area contributed by atoms with Crippen LogP contribution in [-0.4, -0.2) is 43.9 Å². The fraction of sp³-hybridized carbons (Fsp3) is 0.562. The van der Waals surface area contributed by atoms with Crippen LogP contribution in [0.4, 0.5) is 5.69 Å². The maximum Gasteiger partial charge on any atom is 0.150 e. The summed E-state index contributed by atoms with van der Waals surface area (Å²) in [6, 6.07) is 6.12. The zero-order valence-corrected chi connectivity index (χ0v) is 12.2. The van der Waals surface area contributed by atoms with E-state index in [0.29, 0.717) is 0 Å². The van der Waals surface area contributed by atoms with Crippen molar-refractivity contribution in [1.29, 1.82) is 0 Å². The van der Waals surface area contributed by atoms with Crippen molar-refractivity contribution in [2.45, 2.75) is 20.8 Å². The van der Waals surface area contributed by atoms with Crippen molar-refractivity contribution in [3.8, 4) is 0 Å². The number of anilines is 1. The molecule has 1 fully saturated rings. The lowest BCUT2D eigenvalue weighted by atomic mass is 10.1. The van der Waals surface area contributed by atoms with Crippen molar-refractivity contribution < 1.29 is 4.79 Å². The first-order chi connectivity index (χ1) is 9.10. The Bertz CT molecular complexity index is 434. The van der Waals surface area contributed by atoms with E-state index in [-0.39, 0.29) is 0 Å². The number of carbonyl (C=O) groups excluding carboxylic acids is 1. The highest BCUT2D eigenvalue weighted by molar-refractivity contribution is 5.78. The molecule has 0 unspecified atom stereocenters. The van der Waals surface area contributed by atoms with Crippen molar-refractivity contribution in [2.24, 2.45) is 5.92 Å². The number of carbonyl (C=O) groups is 1. The second-order valence-electron chi connectivity index (χ2n) is 5.84. The van der Waals surface area contributed by atoms with Crippen LogP contribution in [-0.2, 0) is 0 Å². The largest absolute Gasteiger partial charge is 0.369 e. The number of aryl methyl sites for hydroxylation is 1. The van der Waals surface area contributed by atoms with Gasteiger partial charge in [-0.15, -0.1) is 0 Å². The van der Waals surface area contributed by atoms with Crippen LogP contribution < -0.4 is 4.90 Å². The zero-order valence-electron chi connectivity index (χ0n) is 12.2. The van der Waals surface area contributed by atoms with Crippen LogP contribution in [0.3, 0.4) is 0 Å². The smallest absolute Gasteiger partial charge is 0.150 e. The highest BCUT2D eigenvalue weighted by Crippen LogP contribution is 2.20. The van der Waals surface area contributed by atoms with Gasteiger partial charge in [-0.2, -0.15) is 0 Å². The summed E-state index contributed by atoms with van der Waals surface area (Å²) in [4.78, 5) is 15.8. The van der Waals surface area contributed by atoms with Gasteiger partial charge in [0.25, 0.3) is 0 Å². The van der Waals surface area contributed by atoms with E-state index in [0.717, 1.165) is 49.5 Å². The molecule has 0 radical (unpaired) electrons. The van der Waals surface area contributed by atoms with E-state index in [1.54, 1.807) is 0 Å². The summed E-state index contributed by atoms with van der Waals surface area (Å²) < 4.78 is 0.